The van der Waals surface area contributed by atoms with Crippen molar-refractivity contribution in [2.24, 2.45) is 0 Å². The van der Waals surface area contributed by atoms with Gasteiger partial charge in [0.25, 0.3) is 5.91 Å². The van der Waals surface area contributed by atoms with E-state index in [1.165, 1.54) is 36.7 Å². The molecule has 1 aliphatic rings. The van der Waals surface area contributed by atoms with E-state index in [9.17, 15) is 13.2 Å². The summed E-state index contributed by atoms with van der Waals surface area (Å²) in [6.07, 6.45) is 3.75. The smallest absolute Gasteiger partial charge is 0.257 e. The maximum Gasteiger partial charge on any atom is 0.257 e. The van der Waals surface area contributed by atoms with Crippen LogP contribution in [0, 0.1) is 0 Å². The zero-order valence-electron chi connectivity index (χ0n) is 15.3. The molecule has 9 heteroatoms. The predicted octanol–water partition coefficient (Wildman–Crippen LogP) is 3.14. The van der Waals surface area contributed by atoms with Gasteiger partial charge < -0.3 is 0 Å². The van der Waals surface area contributed by atoms with Crippen LogP contribution in [0.15, 0.2) is 29.6 Å². The van der Waals surface area contributed by atoms with Gasteiger partial charge in [0.05, 0.1) is 11.4 Å². The molecule has 0 bridgehead atoms. The number of sulfonamides is 1. The molecule has 27 heavy (non-hydrogen) atoms. The number of carbonyl (C=O) groups is 1. The Bertz CT molecular complexity index is 890. The van der Waals surface area contributed by atoms with Crippen molar-refractivity contribution in [3.05, 3.63) is 40.9 Å². The second-order valence-corrected chi connectivity index (χ2v) is 9.39. The second-order valence-electron chi connectivity index (χ2n) is 6.52. The molecule has 0 unspecified atom stereocenters. The van der Waals surface area contributed by atoms with E-state index in [-0.39, 0.29) is 11.7 Å². The van der Waals surface area contributed by atoms with Crippen LogP contribution < -0.4 is 10.0 Å². The average molecular weight is 409 g/mol. The summed E-state index contributed by atoms with van der Waals surface area (Å²) >= 11 is 1.40. The number of carbonyl (C=O) groups excluding carboxylic acids is 1. The molecule has 1 saturated heterocycles. The summed E-state index contributed by atoms with van der Waals surface area (Å²) in [6.45, 7) is 4.56. The minimum Gasteiger partial charge on any atom is -0.298 e. The first-order valence-electron chi connectivity index (χ1n) is 9.04. The molecule has 146 valence electrons. The van der Waals surface area contributed by atoms with Gasteiger partial charge in [-0.1, -0.05) is 12.5 Å². The van der Waals surface area contributed by atoms with Gasteiger partial charge in [-0.3, -0.25) is 19.7 Å². The van der Waals surface area contributed by atoms with Crippen LogP contribution in [0.1, 0.15) is 42.2 Å². The first kappa shape index (κ1) is 19.8. The van der Waals surface area contributed by atoms with E-state index >= 15 is 0 Å². The number of hydrogen-bond acceptors (Lipinski definition) is 6. The van der Waals surface area contributed by atoms with Gasteiger partial charge >= 0.3 is 0 Å². The van der Waals surface area contributed by atoms with E-state index < -0.39 is 10.0 Å². The van der Waals surface area contributed by atoms with Crippen molar-refractivity contribution >= 4 is 38.1 Å². The number of nitrogens with one attached hydrogen (secondary N) is 2. The van der Waals surface area contributed by atoms with E-state index in [0.29, 0.717) is 16.4 Å². The summed E-state index contributed by atoms with van der Waals surface area (Å²) < 4.78 is 25.8. The van der Waals surface area contributed by atoms with Crippen molar-refractivity contribution in [2.75, 3.05) is 28.9 Å². The molecule has 1 fully saturated rings. The van der Waals surface area contributed by atoms with Crippen LogP contribution in [0.5, 0.6) is 0 Å². The van der Waals surface area contributed by atoms with Crippen molar-refractivity contribution in [3.63, 3.8) is 0 Å². The summed E-state index contributed by atoms with van der Waals surface area (Å²) in [6, 6.07) is 6.42. The third kappa shape index (κ3) is 5.75. The molecule has 1 aliphatic heterocycles. The molecule has 0 radical (unpaired) electrons. The van der Waals surface area contributed by atoms with Gasteiger partial charge in [-0.05, 0) is 51.1 Å². The van der Waals surface area contributed by atoms with Gasteiger partial charge in [-0.25, -0.2) is 13.4 Å². The lowest BCUT2D eigenvalue weighted by Crippen LogP contribution is -2.29. The molecular weight excluding hydrogens is 384 g/mol. The third-order valence-electron chi connectivity index (χ3n) is 4.38. The summed E-state index contributed by atoms with van der Waals surface area (Å²) in [5.41, 5.74) is 1.70. The number of hydrogen-bond donors (Lipinski definition) is 2. The van der Waals surface area contributed by atoms with Gasteiger partial charge in [0.2, 0.25) is 10.0 Å². The Morgan fingerprint density at radius 1 is 1.26 bits per heavy atom. The molecule has 2 heterocycles. The molecule has 0 aliphatic carbocycles. The molecule has 3 rings (SSSR count). The molecular formula is C18H24N4O3S2. The van der Waals surface area contributed by atoms with Crippen LogP contribution in [0.2, 0.25) is 0 Å². The normalized spacial score (nSPS) is 15.4. The van der Waals surface area contributed by atoms with Gasteiger partial charge in [-0.2, -0.15) is 0 Å². The lowest BCUT2D eigenvalue weighted by molar-refractivity contribution is 0.102. The molecule has 1 aromatic heterocycles. The van der Waals surface area contributed by atoms with Crippen LogP contribution in [-0.4, -0.2) is 43.1 Å². The molecule has 2 N–H and O–H groups in total. The summed E-state index contributed by atoms with van der Waals surface area (Å²) in [5.74, 6) is -0.339. The monoisotopic (exact) mass is 408 g/mol. The van der Waals surface area contributed by atoms with Crippen molar-refractivity contribution in [1.82, 2.24) is 9.88 Å². The molecule has 2 aromatic rings. The summed E-state index contributed by atoms with van der Waals surface area (Å²) in [7, 11) is -3.38. The number of likely N-dealkylation sites (tertiary alicyclic amines) is 1. The van der Waals surface area contributed by atoms with Gasteiger partial charge in [-0.15, -0.1) is 11.3 Å². The fourth-order valence-corrected chi connectivity index (χ4v) is 4.26. The lowest BCUT2D eigenvalue weighted by Gasteiger charge is -2.25. The fraction of sp³-hybridized carbons (Fsp3) is 0.444. The quantitative estimate of drug-likeness (QED) is 0.734. The van der Waals surface area contributed by atoms with Crippen molar-refractivity contribution in [1.29, 1.82) is 0 Å². The lowest BCUT2D eigenvalue weighted by atomic mass is 10.1. The Kier molecular flexibility index (Phi) is 6.46. The minimum absolute atomic E-state index is 0.0255. The van der Waals surface area contributed by atoms with Gasteiger partial charge in [0.15, 0.2) is 5.13 Å². The van der Waals surface area contributed by atoms with E-state index in [1.54, 1.807) is 25.1 Å². The van der Waals surface area contributed by atoms with Crippen LogP contribution in [-0.2, 0) is 16.6 Å². The second kappa shape index (κ2) is 8.81. The maximum atomic E-state index is 12.5. The number of nitrogens with zero attached hydrogens (tertiary/aromatic N) is 2. The van der Waals surface area contributed by atoms with E-state index in [1.807, 2.05) is 5.38 Å². The largest absolute Gasteiger partial charge is 0.298 e. The van der Waals surface area contributed by atoms with Crippen molar-refractivity contribution in [3.8, 4) is 0 Å². The zero-order valence-corrected chi connectivity index (χ0v) is 16.9. The third-order valence-corrected chi connectivity index (χ3v) is 6.50. The minimum atomic E-state index is -3.38. The van der Waals surface area contributed by atoms with Crippen molar-refractivity contribution < 1.29 is 13.2 Å². The first-order chi connectivity index (χ1) is 12.9. The van der Waals surface area contributed by atoms with E-state index in [0.717, 1.165) is 25.3 Å². The standard InChI is InChI=1S/C18H24N4O3S2/c1-2-27(24,25)21-15-8-6-7-14(11-15)17(23)20-18-19-16(13-26-18)12-22-9-4-3-5-10-22/h6-8,11,13,21H,2-5,9-10,12H2,1H3,(H,19,20,23). The maximum absolute atomic E-state index is 12.5. The number of amides is 1. The van der Waals surface area contributed by atoms with E-state index in [4.69, 9.17) is 0 Å². The van der Waals surface area contributed by atoms with Gasteiger partial charge in [0.1, 0.15) is 0 Å². The topological polar surface area (TPSA) is 91.4 Å². The fourth-order valence-electron chi connectivity index (χ4n) is 2.93. The van der Waals surface area contributed by atoms with E-state index in [2.05, 4.69) is 19.9 Å². The number of anilines is 2. The molecule has 0 atom stereocenters. The summed E-state index contributed by atoms with van der Waals surface area (Å²) in [4.78, 5) is 19.3. The summed E-state index contributed by atoms with van der Waals surface area (Å²) in [5, 5.41) is 5.31. The molecule has 7 nitrogen and oxygen atoms in total. The van der Waals surface area contributed by atoms with Crippen LogP contribution in [0.3, 0.4) is 0 Å². The molecule has 1 aromatic carbocycles. The SMILES string of the molecule is CCS(=O)(=O)Nc1cccc(C(=O)Nc2nc(CN3CCCCC3)cs2)c1. The van der Waals surface area contributed by atoms with Crippen LogP contribution in [0.25, 0.3) is 0 Å². The Morgan fingerprint density at radius 3 is 2.78 bits per heavy atom. The van der Waals surface area contributed by atoms with Crippen LogP contribution >= 0.6 is 11.3 Å². The predicted molar refractivity (Wildman–Crippen MR) is 109 cm³/mol. The van der Waals surface area contributed by atoms with Gasteiger partial charge in [0, 0.05) is 23.2 Å². The number of thiazole rings is 1. The Balaban J connectivity index is 1.62. The highest BCUT2D eigenvalue weighted by Crippen LogP contribution is 2.20. The Labute approximate surface area is 163 Å². The average Bonchev–Trinajstić information content (AvgIpc) is 3.09. The zero-order chi connectivity index (χ0) is 19.3. The highest BCUT2D eigenvalue weighted by molar-refractivity contribution is 7.92. The van der Waals surface area contributed by atoms with Crippen LogP contribution in [0.4, 0.5) is 10.8 Å². The highest BCUT2D eigenvalue weighted by Gasteiger charge is 2.14. The number of benzene rings is 1. The van der Waals surface area contributed by atoms with Crippen molar-refractivity contribution in [2.45, 2.75) is 32.7 Å². The Hall–Kier alpha value is -1.97. The number of aromatic nitrogens is 1. The Morgan fingerprint density at radius 2 is 2.04 bits per heavy atom. The number of piperidine rings is 1. The first-order valence-corrected chi connectivity index (χ1v) is 11.6. The molecule has 0 saturated carbocycles. The number of rotatable bonds is 7. The molecule has 0 spiro atoms. The highest BCUT2D eigenvalue weighted by atomic mass is 32.2. The molecule has 1 amide bonds.